The zero-order valence-electron chi connectivity index (χ0n) is 12.3. The molecule has 1 unspecified atom stereocenters. The minimum Gasteiger partial charge on any atom is -0.391 e. The second-order valence-corrected chi connectivity index (χ2v) is 5.97. The number of aliphatic hydroxyl groups excluding tert-OH is 1. The molecule has 0 saturated carbocycles. The highest BCUT2D eigenvalue weighted by Crippen LogP contribution is 2.18. The number of nitriles is 1. The minimum atomic E-state index is -0.583. The first-order valence-corrected chi connectivity index (χ1v) is 6.73. The molecule has 0 aliphatic rings. The normalized spacial score (nSPS) is 12.6. The summed E-state index contributed by atoms with van der Waals surface area (Å²) >= 11 is 0. The lowest BCUT2D eigenvalue weighted by molar-refractivity contribution is -0.121. The molecular weight excluding hydrogens is 252 g/mol. The number of carbonyl (C=O) groups excluding carboxylic acids is 1. The van der Waals surface area contributed by atoms with Crippen LogP contribution in [0.15, 0.2) is 24.3 Å². The largest absolute Gasteiger partial charge is 0.391 e. The fourth-order valence-electron chi connectivity index (χ4n) is 1.74. The van der Waals surface area contributed by atoms with Crippen LogP contribution in [0.1, 0.15) is 31.9 Å². The predicted octanol–water partition coefficient (Wildman–Crippen LogP) is 1.82. The third kappa shape index (κ3) is 5.02. The molecule has 4 nitrogen and oxygen atoms in total. The highest BCUT2D eigenvalue weighted by molar-refractivity contribution is 5.79. The van der Waals surface area contributed by atoms with E-state index in [1.165, 1.54) is 0 Å². The number of nitrogens with one attached hydrogen (secondary N) is 1. The number of rotatable bonds is 5. The summed E-state index contributed by atoms with van der Waals surface area (Å²) in [7, 11) is 0. The summed E-state index contributed by atoms with van der Waals surface area (Å²) in [6, 6.07) is 9.52. The molecule has 20 heavy (non-hydrogen) atoms. The van der Waals surface area contributed by atoms with Crippen LogP contribution in [-0.2, 0) is 17.6 Å². The molecule has 1 rings (SSSR count). The average molecular weight is 274 g/mol. The van der Waals surface area contributed by atoms with Gasteiger partial charge in [0.05, 0.1) is 25.0 Å². The van der Waals surface area contributed by atoms with E-state index >= 15 is 0 Å². The number of aliphatic hydroxyl groups is 1. The van der Waals surface area contributed by atoms with E-state index in [4.69, 9.17) is 5.26 Å². The Morgan fingerprint density at radius 1 is 1.35 bits per heavy atom. The molecule has 4 heteroatoms. The van der Waals surface area contributed by atoms with Gasteiger partial charge in [0.1, 0.15) is 0 Å². The Balaban J connectivity index is 2.57. The van der Waals surface area contributed by atoms with Crippen LogP contribution >= 0.6 is 0 Å². The number of benzene rings is 1. The van der Waals surface area contributed by atoms with Gasteiger partial charge in [0.15, 0.2) is 0 Å². The highest BCUT2D eigenvalue weighted by Gasteiger charge is 2.22. The van der Waals surface area contributed by atoms with E-state index in [-0.39, 0.29) is 24.3 Å². The van der Waals surface area contributed by atoms with Gasteiger partial charge in [-0.3, -0.25) is 4.79 Å². The van der Waals surface area contributed by atoms with Crippen LogP contribution < -0.4 is 5.32 Å². The molecule has 0 radical (unpaired) electrons. The van der Waals surface area contributed by atoms with Crippen molar-refractivity contribution >= 4 is 5.91 Å². The van der Waals surface area contributed by atoms with E-state index in [9.17, 15) is 9.90 Å². The summed E-state index contributed by atoms with van der Waals surface area (Å²) in [6.07, 6.45) is -0.0520. The Labute approximate surface area is 120 Å². The Kier molecular flexibility index (Phi) is 5.72. The number of hydrogen-bond donors (Lipinski definition) is 2. The monoisotopic (exact) mass is 274 g/mol. The first kappa shape index (κ1) is 16.2. The maximum Gasteiger partial charge on any atom is 0.224 e. The number of amides is 1. The molecule has 0 aliphatic heterocycles. The van der Waals surface area contributed by atoms with Crippen molar-refractivity contribution in [3.63, 3.8) is 0 Å². The van der Waals surface area contributed by atoms with Gasteiger partial charge in [-0.15, -0.1) is 0 Å². The molecular formula is C16H22N2O2. The Bertz CT molecular complexity index is 498. The Hall–Kier alpha value is -1.86. The summed E-state index contributed by atoms with van der Waals surface area (Å²) in [5, 5.41) is 21.4. The van der Waals surface area contributed by atoms with Gasteiger partial charge < -0.3 is 10.4 Å². The third-order valence-electron chi connectivity index (χ3n) is 3.23. The molecule has 1 amide bonds. The second-order valence-electron chi connectivity index (χ2n) is 5.97. The summed E-state index contributed by atoms with van der Waals surface area (Å²) in [5.41, 5.74) is 1.48. The molecule has 2 N–H and O–H groups in total. The lowest BCUT2D eigenvalue weighted by Crippen LogP contribution is -2.39. The first-order chi connectivity index (χ1) is 9.34. The lowest BCUT2D eigenvalue weighted by Gasteiger charge is -2.25. The van der Waals surface area contributed by atoms with Gasteiger partial charge in [0.2, 0.25) is 5.91 Å². The second kappa shape index (κ2) is 7.06. The van der Waals surface area contributed by atoms with E-state index in [2.05, 4.69) is 11.4 Å². The molecule has 0 saturated heterocycles. The van der Waals surface area contributed by atoms with E-state index < -0.39 is 6.10 Å². The van der Waals surface area contributed by atoms with Crippen LogP contribution in [0.2, 0.25) is 0 Å². The number of carbonyl (C=O) groups is 1. The summed E-state index contributed by atoms with van der Waals surface area (Å²) < 4.78 is 0. The van der Waals surface area contributed by atoms with Crippen LogP contribution in [0.3, 0.4) is 0 Å². The molecule has 1 aromatic carbocycles. The fourth-order valence-corrected chi connectivity index (χ4v) is 1.74. The average Bonchev–Trinajstić information content (AvgIpc) is 2.37. The van der Waals surface area contributed by atoms with Gasteiger partial charge >= 0.3 is 0 Å². The van der Waals surface area contributed by atoms with Crippen molar-refractivity contribution in [2.45, 2.75) is 39.7 Å². The zero-order valence-corrected chi connectivity index (χ0v) is 12.3. The maximum absolute atomic E-state index is 11.9. The lowest BCUT2D eigenvalue weighted by atomic mass is 9.89. The Morgan fingerprint density at radius 3 is 2.50 bits per heavy atom. The molecule has 0 aromatic heterocycles. The van der Waals surface area contributed by atoms with Crippen LogP contribution in [0.5, 0.6) is 0 Å². The molecule has 0 spiro atoms. The van der Waals surface area contributed by atoms with Crippen molar-refractivity contribution in [1.29, 1.82) is 5.26 Å². The van der Waals surface area contributed by atoms with E-state index in [0.717, 1.165) is 11.1 Å². The maximum atomic E-state index is 11.9. The van der Waals surface area contributed by atoms with Gasteiger partial charge in [-0.2, -0.15) is 5.26 Å². The number of hydrogen-bond acceptors (Lipinski definition) is 3. The number of nitrogens with zero attached hydrogens (tertiary/aromatic N) is 1. The van der Waals surface area contributed by atoms with Gasteiger partial charge in [0, 0.05) is 6.54 Å². The zero-order chi connectivity index (χ0) is 15.2. The molecule has 0 fully saturated rings. The van der Waals surface area contributed by atoms with Crippen molar-refractivity contribution in [2.75, 3.05) is 6.54 Å². The van der Waals surface area contributed by atoms with Crippen LogP contribution in [0.25, 0.3) is 0 Å². The van der Waals surface area contributed by atoms with E-state index in [0.29, 0.717) is 6.42 Å². The SMILES string of the molecule is CC(C)(C)C(O)CNC(=O)Cc1ccccc1CC#N. The van der Waals surface area contributed by atoms with Crippen molar-refractivity contribution < 1.29 is 9.90 Å². The summed E-state index contributed by atoms with van der Waals surface area (Å²) in [4.78, 5) is 11.9. The van der Waals surface area contributed by atoms with Crippen LogP contribution in [0.4, 0.5) is 0 Å². The van der Waals surface area contributed by atoms with Crippen LogP contribution in [0, 0.1) is 16.7 Å². The van der Waals surface area contributed by atoms with Gasteiger partial charge in [-0.1, -0.05) is 45.0 Å². The summed E-state index contributed by atoms with van der Waals surface area (Å²) in [6.45, 7) is 6.01. The third-order valence-corrected chi connectivity index (χ3v) is 3.23. The van der Waals surface area contributed by atoms with Crippen LogP contribution in [-0.4, -0.2) is 23.7 Å². The predicted molar refractivity (Wildman–Crippen MR) is 77.9 cm³/mol. The van der Waals surface area contributed by atoms with Gasteiger partial charge in [-0.25, -0.2) is 0 Å². The summed E-state index contributed by atoms with van der Waals surface area (Å²) in [5.74, 6) is -0.140. The quantitative estimate of drug-likeness (QED) is 0.860. The fraction of sp³-hybridized carbons (Fsp3) is 0.500. The molecule has 108 valence electrons. The molecule has 1 aromatic rings. The molecule has 0 heterocycles. The standard InChI is InChI=1S/C16H22N2O2/c1-16(2,3)14(19)11-18-15(20)10-13-7-5-4-6-12(13)8-9-17/h4-7,14,19H,8,10-11H2,1-3H3,(H,18,20). The molecule has 1 atom stereocenters. The Morgan fingerprint density at radius 2 is 1.95 bits per heavy atom. The van der Waals surface area contributed by atoms with Crippen molar-refractivity contribution in [1.82, 2.24) is 5.32 Å². The van der Waals surface area contributed by atoms with E-state index in [1.807, 2.05) is 45.0 Å². The molecule has 0 aliphatic carbocycles. The van der Waals surface area contributed by atoms with Gasteiger partial charge in [-0.05, 0) is 16.5 Å². The van der Waals surface area contributed by atoms with Crippen molar-refractivity contribution in [3.8, 4) is 6.07 Å². The molecule has 0 bridgehead atoms. The minimum absolute atomic E-state index is 0.140. The van der Waals surface area contributed by atoms with Gasteiger partial charge in [0.25, 0.3) is 0 Å². The highest BCUT2D eigenvalue weighted by atomic mass is 16.3. The topological polar surface area (TPSA) is 73.1 Å². The van der Waals surface area contributed by atoms with E-state index in [1.54, 1.807) is 0 Å². The van der Waals surface area contributed by atoms with Crippen molar-refractivity contribution in [3.05, 3.63) is 35.4 Å². The van der Waals surface area contributed by atoms with Crippen molar-refractivity contribution in [2.24, 2.45) is 5.41 Å². The smallest absolute Gasteiger partial charge is 0.224 e. The first-order valence-electron chi connectivity index (χ1n) is 6.73.